The number of esters is 1. The van der Waals surface area contributed by atoms with Gasteiger partial charge in [-0.3, -0.25) is 0 Å². The fraction of sp³-hybridized carbons (Fsp3) is 0.171. The summed E-state index contributed by atoms with van der Waals surface area (Å²) in [5, 5.41) is 4.31. The van der Waals surface area contributed by atoms with E-state index < -0.39 is 12.1 Å². The van der Waals surface area contributed by atoms with Gasteiger partial charge < -0.3 is 18.9 Å². The summed E-state index contributed by atoms with van der Waals surface area (Å²) >= 11 is 3.64. The van der Waals surface area contributed by atoms with E-state index >= 15 is 0 Å². The molecular formula is C35H29BrFN5O5. The van der Waals surface area contributed by atoms with Gasteiger partial charge in [-0.05, 0) is 70.4 Å². The second kappa shape index (κ2) is 14.4. The molecule has 0 saturated heterocycles. The number of aromatic nitrogens is 5. The number of carbonyl (C=O) groups excluding carboxylic acids is 1. The van der Waals surface area contributed by atoms with Gasteiger partial charge in [-0.2, -0.15) is 10.1 Å². The topological polar surface area (TPSA) is 110 Å². The highest BCUT2D eigenvalue weighted by Crippen LogP contribution is 2.37. The standard InChI is InChI=1S/C35H29BrFN5O5/c1-3-45-35(43)30(47-34-32-31(36)27(19-42(32)40-21-39-34)22-12-14-24(37)15-13-22)18-23-8-4-6-10-28(23)46-20-25-16-17-38-33(41-25)26-9-5-7-11-29(26)44-2/h4-17,19,21,30H,3,18,20H2,1-2H3. The first-order chi connectivity index (χ1) is 22.9. The van der Waals surface area contributed by atoms with Gasteiger partial charge in [0.05, 0.1) is 29.4 Å². The van der Waals surface area contributed by atoms with Gasteiger partial charge in [0.15, 0.2) is 5.82 Å². The number of carbonyl (C=O) groups is 1. The van der Waals surface area contributed by atoms with Crippen LogP contribution in [0.15, 0.2) is 102 Å². The number of benzene rings is 3. The highest BCUT2D eigenvalue weighted by atomic mass is 79.9. The lowest BCUT2D eigenvalue weighted by atomic mass is 10.1. The molecule has 0 aliphatic rings. The fourth-order valence-corrected chi connectivity index (χ4v) is 5.69. The maximum Gasteiger partial charge on any atom is 0.347 e. The van der Waals surface area contributed by atoms with E-state index in [-0.39, 0.29) is 31.3 Å². The summed E-state index contributed by atoms with van der Waals surface area (Å²) in [6.45, 7) is 2.05. The Morgan fingerprint density at radius 3 is 2.51 bits per heavy atom. The Balaban J connectivity index is 1.25. The second-order valence-corrected chi connectivity index (χ2v) is 11.0. The number of para-hydroxylation sites is 2. The highest BCUT2D eigenvalue weighted by Gasteiger charge is 2.27. The van der Waals surface area contributed by atoms with Gasteiger partial charge in [0, 0.05) is 24.4 Å². The lowest BCUT2D eigenvalue weighted by Gasteiger charge is -2.19. The molecule has 3 aromatic carbocycles. The van der Waals surface area contributed by atoms with E-state index in [1.165, 1.54) is 18.5 Å². The summed E-state index contributed by atoms with van der Waals surface area (Å²) in [5.74, 6) is 1.01. The van der Waals surface area contributed by atoms with Gasteiger partial charge in [-0.1, -0.05) is 42.5 Å². The molecule has 12 heteroatoms. The van der Waals surface area contributed by atoms with Crippen LogP contribution >= 0.6 is 15.9 Å². The molecule has 1 atom stereocenters. The number of hydrogen-bond acceptors (Lipinski definition) is 9. The largest absolute Gasteiger partial charge is 0.496 e. The average molecular weight is 699 g/mol. The number of methoxy groups -OCH3 is 1. The van der Waals surface area contributed by atoms with Crippen LogP contribution in [0.5, 0.6) is 17.4 Å². The molecule has 0 amide bonds. The normalized spacial score (nSPS) is 11.7. The minimum absolute atomic E-state index is 0.130. The molecule has 0 fully saturated rings. The molecule has 238 valence electrons. The lowest BCUT2D eigenvalue weighted by molar-refractivity contribution is -0.151. The third kappa shape index (κ3) is 7.07. The third-order valence-electron chi connectivity index (χ3n) is 7.25. The Morgan fingerprint density at radius 1 is 0.957 bits per heavy atom. The Labute approximate surface area is 278 Å². The van der Waals surface area contributed by atoms with Crippen molar-refractivity contribution in [3.63, 3.8) is 0 Å². The van der Waals surface area contributed by atoms with Gasteiger partial charge in [-0.15, -0.1) is 0 Å². The van der Waals surface area contributed by atoms with E-state index in [4.69, 9.17) is 18.9 Å². The summed E-state index contributed by atoms with van der Waals surface area (Å²) in [7, 11) is 1.60. The van der Waals surface area contributed by atoms with Crippen molar-refractivity contribution >= 4 is 27.4 Å². The molecule has 0 bridgehead atoms. The molecule has 47 heavy (non-hydrogen) atoms. The van der Waals surface area contributed by atoms with Gasteiger partial charge in [0.25, 0.3) is 0 Å². The third-order valence-corrected chi connectivity index (χ3v) is 8.05. The minimum Gasteiger partial charge on any atom is -0.496 e. The molecule has 0 saturated carbocycles. The molecule has 0 spiro atoms. The number of fused-ring (bicyclic) bond motifs is 1. The van der Waals surface area contributed by atoms with Crippen molar-refractivity contribution in [3.8, 4) is 39.9 Å². The van der Waals surface area contributed by atoms with E-state index in [2.05, 4.69) is 36.0 Å². The lowest BCUT2D eigenvalue weighted by Crippen LogP contribution is -2.32. The van der Waals surface area contributed by atoms with Crippen molar-refractivity contribution in [2.75, 3.05) is 13.7 Å². The number of halogens is 2. The molecule has 6 aromatic rings. The predicted molar refractivity (Wildman–Crippen MR) is 176 cm³/mol. The molecule has 3 aromatic heterocycles. The summed E-state index contributed by atoms with van der Waals surface area (Å²) in [6, 6.07) is 22.8. The zero-order chi connectivity index (χ0) is 32.8. The summed E-state index contributed by atoms with van der Waals surface area (Å²) in [4.78, 5) is 26.7. The SMILES string of the molecule is CCOC(=O)C(Cc1ccccc1OCc1ccnc(-c2ccccc2OC)n1)Oc1ncnn2cc(-c3ccc(F)cc3)c(Br)c12. The minimum atomic E-state index is -1.06. The Morgan fingerprint density at radius 2 is 1.72 bits per heavy atom. The van der Waals surface area contributed by atoms with Gasteiger partial charge >= 0.3 is 5.97 Å². The molecule has 0 aliphatic carbocycles. The molecule has 0 aliphatic heterocycles. The monoisotopic (exact) mass is 697 g/mol. The Kier molecular flexibility index (Phi) is 9.67. The number of nitrogens with zero attached hydrogens (tertiary/aromatic N) is 5. The van der Waals surface area contributed by atoms with Crippen LogP contribution in [0, 0.1) is 5.82 Å². The number of rotatable bonds is 12. The zero-order valence-corrected chi connectivity index (χ0v) is 27.1. The van der Waals surface area contributed by atoms with Gasteiger partial charge in [-0.25, -0.2) is 23.7 Å². The van der Waals surface area contributed by atoms with Crippen molar-refractivity contribution in [2.24, 2.45) is 0 Å². The number of ether oxygens (including phenoxy) is 4. The molecule has 3 heterocycles. The fourth-order valence-electron chi connectivity index (χ4n) is 5.01. The number of hydrogen-bond donors (Lipinski definition) is 0. The Hall–Kier alpha value is -5.36. The molecule has 6 rings (SSSR count). The van der Waals surface area contributed by atoms with Crippen molar-refractivity contribution in [1.82, 2.24) is 24.6 Å². The van der Waals surface area contributed by atoms with Crippen LogP contribution < -0.4 is 14.2 Å². The predicted octanol–water partition coefficient (Wildman–Crippen LogP) is 6.90. The van der Waals surface area contributed by atoms with Crippen molar-refractivity contribution in [3.05, 3.63) is 119 Å². The first-order valence-electron chi connectivity index (χ1n) is 14.7. The van der Waals surface area contributed by atoms with Crippen LogP contribution in [-0.2, 0) is 22.6 Å². The molecule has 10 nitrogen and oxygen atoms in total. The van der Waals surface area contributed by atoms with Crippen LogP contribution in [0.25, 0.3) is 28.0 Å². The van der Waals surface area contributed by atoms with E-state index in [1.807, 2.05) is 48.5 Å². The molecule has 1 unspecified atom stereocenters. The summed E-state index contributed by atoms with van der Waals surface area (Å²) in [6.07, 6.45) is 3.85. The van der Waals surface area contributed by atoms with Gasteiger partial charge in [0.1, 0.15) is 35.8 Å². The van der Waals surface area contributed by atoms with Crippen LogP contribution in [0.4, 0.5) is 4.39 Å². The Bertz CT molecular complexity index is 2020. The maximum atomic E-state index is 13.6. The quantitative estimate of drug-likeness (QED) is 0.126. The van der Waals surface area contributed by atoms with Crippen LogP contribution in [0.2, 0.25) is 0 Å². The van der Waals surface area contributed by atoms with Crippen molar-refractivity contribution in [2.45, 2.75) is 26.1 Å². The van der Waals surface area contributed by atoms with Crippen molar-refractivity contribution < 1.29 is 28.1 Å². The van der Waals surface area contributed by atoms with Crippen LogP contribution in [0.1, 0.15) is 18.2 Å². The van der Waals surface area contributed by atoms with Crippen LogP contribution in [0.3, 0.4) is 0 Å². The summed E-state index contributed by atoms with van der Waals surface area (Å²) in [5.41, 5.74) is 4.16. The van der Waals surface area contributed by atoms with Crippen LogP contribution in [-0.4, -0.2) is 50.4 Å². The van der Waals surface area contributed by atoms with Crippen molar-refractivity contribution in [1.29, 1.82) is 0 Å². The van der Waals surface area contributed by atoms with Gasteiger partial charge in [0.2, 0.25) is 12.0 Å². The second-order valence-electron chi connectivity index (χ2n) is 10.3. The highest BCUT2D eigenvalue weighted by molar-refractivity contribution is 9.10. The first-order valence-corrected chi connectivity index (χ1v) is 15.5. The van der Waals surface area contributed by atoms with E-state index in [9.17, 15) is 9.18 Å². The molecule has 0 radical (unpaired) electrons. The van der Waals surface area contributed by atoms with E-state index in [0.717, 1.165) is 22.3 Å². The smallest absolute Gasteiger partial charge is 0.347 e. The molecular weight excluding hydrogens is 669 g/mol. The van der Waals surface area contributed by atoms with E-state index in [0.29, 0.717) is 33.0 Å². The van der Waals surface area contributed by atoms with E-state index in [1.54, 1.807) is 49.1 Å². The maximum absolute atomic E-state index is 13.6. The summed E-state index contributed by atoms with van der Waals surface area (Å²) < 4.78 is 39.2. The molecule has 0 N–H and O–H groups in total. The average Bonchev–Trinajstić information content (AvgIpc) is 3.44. The first kappa shape index (κ1) is 31.6. The zero-order valence-electron chi connectivity index (χ0n) is 25.5.